The summed E-state index contributed by atoms with van der Waals surface area (Å²) in [6.45, 7) is 5.99. The van der Waals surface area contributed by atoms with Gasteiger partial charge in [-0.3, -0.25) is 0 Å². The lowest BCUT2D eigenvalue weighted by Crippen LogP contribution is -2.51. The lowest BCUT2D eigenvalue weighted by Gasteiger charge is -2.07. The number of aromatic amines is 1. The summed E-state index contributed by atoms with van der Waals surface area (Å²) < 4.78 is 1.76. The number of nitrogens with zero attached hydrogens (tertiary/aromatic N) is 1. The Labute approximate surface area is 70.8 Å². The predicted molar refractivity (Wildman–Crippen MR) is 42.9 cm³/mol. The molecule has 2 N–H and O–H groups in total. The minimum atomic E-state index is -0.908. The van der Waals surface area contributed by atoms with E-state index in [1.807, 2.05) is 20.8 Å². The molecule has 0 radical (unpaired) electrons. The number of H-pyrrole nitrogens is 1. The zero-order valence-electron chi connectivity index (χ0n) is 7.46. The van der Waals surface area contributed by atoms with Crippen molar-refractivity contribution in [3.05, 3.63) is 18.0 Å². The van der Waals surface area contributed by atoms with Gasteiger partial charge in [0.2, 0.25) is 6.20 Å². The van der Waals surface area contributed by atoms with Gasteiger partial charge in [-0.2, -0.15) is 5.10 Å². The molecule has 12 heavy (non-hydrogen) atoms. The van der Waals surface area contributed by atoms with Crippen LogP contribution in [0.3, 0.4) is 0 Å². The molecule has 0 saturated heterocycles. The number of nitrogens with one attached hydrogen (secondary N) is 1. The molecule has 0 aliphatic heterocycles. The second-order valence-electron chi connectivity index (χ2n) is 3.70. The first kappa shape index (κ1) is 8.77. The van der Waals surface area contributed by atoms with E-state index in [0.29, 0.717) is 0 Å². The van der Waals surface area contributed by atoms with E-state index in [9.17, 15) is 4.79 Å². The van der Waals surface area contributed by atoms with Crippen molar-refractivity contribution in [1.29, 1.82) is 0 Å². The smallest absolute Gasteiger partial charge is 0.343 e. The van der Waals surface area contributed by atoms with E-state index in [1.165, 1.54) is 6.20 Å². The molecular weight excluding hydrogens is 156 g/mol. The van der Waals surface area contributed by atoms with E-state index in [1.54, 1.807) is 10.9 Å². The van der Waals surface area contributed by atoms with Crippen molar-refractivity contribution in [2.24, 2.45) is 0 Å². The zero-order chi connectivity index (χ0) is 9.35. The fraction of sp³-hybridized carbons (Fsp3) is 0.500. The molecule has 0 saturated carbocycles. The lowest BCUT2D eigenvalue weighted by molar-refractivity contribution is -0.802. The first-order valence-electron chi connectivity index (χ1n) is 3.75. The molecule has 1 heterocycles. The molecule has 0 bridgehead atoms. The van der Waals surface area contributed by atoms with Crippen molar-refractivity contribution in [3.8, 4) is 0 Å². The minimum absolute atomic E-state index is 0.103. The molecule has 0 aromatic carbocycles. The Kier molecular flexibility index (Phi) is 1.92. The Morgan fingerprint density at radius 2 is 2.17 bits per heavy atom. The first-order valence-corrected chi connectivity index (χ1v) is 3.75. The van der Waals surface area contributed by atoms with Gasteiger partial charge in [0.25, 0.3) is 0 Å². The highest BCUT2D eigenvalue weighted by atomic mass is 16.4. The summed E-state index contributed by atoms with van der Waals surface area (Å²) in [6, 6.07) is 0. The molecule has 4 heteroatoms. The third kappa shape index (κ3) is 1.64. The van der Waals surface area contributed by atoms with Gasteiger partial charge in [-0.1, -0.05) is 0 Å². The van der Waals surface area contributed by atoms with Crippen molar-refractivity contribution >= 4 is 5.97 Å². The SMILES string of the molecule is CC(C)(C)[n+]1cc(C(=O)O)c[nH]1. The van der Waals surface area contributed by atoms with Gasteiger partial charge in [0.05, 0.1) is 6.20 Å². The first-order chi connectivity index (χ1) is 5.41. The van der Waals surface area contributed by atoms with Crippen molar-refractivity contribution in [2.45, 2.75) is 26.3 Å². The summed E-state index contributed by atoms with van der Waals surface area (Å²) in [7, 11) is 0. The summed E-state index contributed by atoms with van der Waals surface area (Å²) in [5, 5.41) is 11.5. The maximum atomic E-state index is 10.5. The van der Waals surface area contributed by atoms with Crippen molar-refractivity contribution < 1.29 is 14.6 Å². The minimum Gasteiger partial charge on any atom is -0.477 e. The molecule has 0 amide bonds. The largest absolute Gasteiger partial charge is 0.477 e. The van der Waals surface area contributed by atoms with E-state index >= 15 is 0 Å². The van der Waals surface area contributed by atoms with Crippen LogP contribution in [0.15, 0.2) is 12.4 Å². The molecule has 1 aromatic heterocycles. The molecule has 1 aromatic rings. The maximum Gasteiger partial charge on any atom is 0.343 e. The van der Waals surface area contributed by atoms with E-state index < -0.39 is 5.97 Å². The molecule has 0 spiro atoms. The summed E-state index contributed by atoms with van der Waals surface area (Å²) >= 11 is 0. The molecule has 1 rings (SSSR count). The average Bonchev–Trinajstić information content (AvgIpc) is 2.30. The Morgan fingerprint density at radius 3 is 2.42 bits per heavy atom. The van der Waals surface area contributed by atoms with Gasteiger partial charge in [-0.15, -0.1) is 4.68 Å². The third-order valence-corrected chi connectivity index (χ3v) is 1.60. The van der Waals surface area contributed by atoms with Crippen molar-refractivity contribution in [2.75, 3.05) is 0 Å². The van der Waals surface area contributed by atoms with Crippen LogP contribution in [0.5, 0.6) is 0 Å². The number of hydrogen-bond acceptors (Lipinski definition) is 1. The van der Waals surface area contributed by atoms with Gasteiger partial charge >= 0.3 is 5.97 Å². The molecular formula is C8H13N2O2+. The van der Waals surface area contributed by atoms with Crippen LogP contribution < -0.4 is 4.68 Å². The summed E-state index contributed by atoms with van der Waals surface area (Å²) in [6.07, 6.45) is 3.07. The quantitative estimate of drug-likeness (QED) is 0.610. The predicted octanol–water partition coefficient (Wildman–Crippen LogP) is 0.755. The molecule has 0 atom stereocenters. The molecule has 0 aliphatic rings. The average molecular weight is 169 g/mol. The molecule has 0 unspecified atom stereocenters. The normalized spacial score (nSPS) is 11.6. The fourth-order valence-electron chi connectivity index (χ4n) is 0.857. The zero-order valence-corrected chi connectivity index (χ0v) is 7.46. The van der Waals surface area contributed by atoms with E-state index in [2.05, 4.69) is 5.10 Å². The fourth-order valence-corrected chi connectivity index (χ4v) is 0.857. The van der Waals surface area contributed by atoms with Gasteiger partial charge in [0.15, 0.2) is 5.54 Å². The standard InChI is InChI=1S/C8H12N2O2/c1-8(2,3)10-5-6(4-9-10)7(11)12/h4-5H,1-3H3,(H,11,12)/p+1. The van der Waals surface area contributed by atoms with Crippen LogP contribution >= 0.6 is 0 Å². The molecule has 66 valence electrons. The highest BCUT2D eigenvalue weighted by Crippen LogP contribution is 2.03. The van der Waals surface area contributed by atoms with Crippen molar-refractivity contribution in [3.63, 3.8) is 0 Å². The van der Waals surface area contributed by atoms with Crippen LogP contribution in [0.25, 0.3) is 0 Å². The number of hydrogen-bond donors (Lipinski definition) is 2. The van der Waals surface area contributed by atoms with Gasteiger partial charge < -0.3 is 5.11 Å². The Morgan fingerprint density at radius 1 is 1.58 bits per heavy atom. The van der Waals surface area contributed by atoms with Crippen molar-refractivity contribution in [1.82, 2.24) is 5.10 Å². The van der Waals surface area contributed by atoms with E-state index in [-0.39, 0.29) is 11.1 Å². The number of aromatic carboxylic acids is 1. The van der Waals surface area contributed by atoms with Gasteiger partial charge in [0.1, 0.15) is 5.56 Å². The highest BCUT2D eigenvalue weighted by Gasteiger charge is 2.25. The summed E-state index contributed by atoms with van der Waals surface area (Å²) in [4.78, 5) is 10.5. The number of aromatic nitrogens is 2. The summed E-state index contributed by atoms with van der Waals surface area (Å²) in [5.41, 5.74) is 0.179. The monoisotopic (exact) mass is 169 g/mol. The second-order valence-corrected chi connectivity index (χ2v) is 3.70. The molecule has 0 aliphatic carbocycles. The van der Waals surface area contributed by atoms with Crippen LogP contribution in [0, 0.1) is 0 Å². The molecule has 0 fully saturated rings. The molecule has 4 nitrogen and oxygen atoms in total. The third-order valence-electron chi connectivity index (χ3n) is 1.60. The Balaban J connectivity index is 3.00. The maximum absolute atomic E-state index is 10.5. The van der Waals surface area contributed by atoms with Crippen LogP contribution in [-0.4, -0.2) is 16.2 Å². The number of carbonyl (C=O) groups is 1. The van der Waals surface area contributed by atoms with Gasteiger partial charge in [-0.25, -0.2) is 4.79 Å². The number of carboxylic acid groups (broad SMARTS) is 1. The van der Waals surface area contributed by atoms with Crippen LogP contribution in [0.1, 0.15) is 31.1 Å². The van der Waals surface area contributed by atoms with E-state index in [4.69, 9.17) is 5.11 Å². The van der Waals surface area contributed by atoms with E-state index in [0.717, 1.165) is 0 Å². The van der Waals surface area contributed by atoms with Gasteiger partial charge in [0, 0.05) is 20.8 Å². The summed E-state index contributed by atoms with van der Waals surface area (Å²) in [5.74, 6) is -0.908. The van der Waals surface area contributed by atoms with Crippen LogP contribution in [0.2, 0.25) is 0 Å². The number of rotatable bonds is 1. The lowest BCUT2D eigenvalue weighted by atomic mass is 10.1. The topological polar surface area (TPSA) is 57.0 Å². The Hall–Kier alpha value is -1.32. The number of carboxylic acids is 1. The van der Waals surface area contributed by atoms with Gasteiger partial charge in [-0.05, 0) is 0 Å². The highest BCUT2D eigenvalue weighted by molar-refractivity contribution is 5.86. The van der Waals surface area contributed by atoms with Crippen LogP contribution in [0.4, 0.5) is 0 Å². The second kappa shape index (κ2) is 2.62. The Bertz CT molecular complexity index is 296. The van der Waals surface area contributed by atoms with Crippen LogP contribution in [-0.2, 0) is 5.54 Å².